The molecule has 0 amide bonds. The van der Waals surface area contributed by atoms with E-state index in [-0.39, 0.29) is 10.8 Å². The Hall–Kier alpha value is -0.900. The molecule has 0 radical (unpaired) electrons. The lowest BCUT2D eigenvalue weighted by atomic mass is 10.1. The van der Waals surface area contributed by atoms with Crippen LogP contribution >= 0.6 is 22.9 Å². The topological polar surface area (TPSA) is 12.0 Å². The first-order chi connectivity index (χ1) is 9.20. The van der Waals surface area contributed by atoms with E-state index in [2.05, 4.69) is 29.8 Å². The molecule has 1 aromatic heterocycles. The summed E-state index contributed by atoms with van der Waals surface area (Å²) in [7, 11) is 0. The van der Waals surface area contributed by atoms with Gasteiger partial charge in [0.2, 0.25) is 0 Å². The maximum atomic E-state index is 13.1. The fraction of sp³-hybridized carbons (Fsp3) is 0.333. The molecule has 2 rings (SSSR count). The Balaban J connectivity index is 2.00. The fourth-order valence-corrected chi connectivity index (χ4v) is 3.05. The molecular formula is C15H17ClFNS. The summed E-state index contributed by atoms with van der Waals surface area (Å²) in [4.78, 5) is 1.34. The monoisotopic (exact) mass is 297 g/mol. The highest BCUT2D eigenvalue weighted by molar-refractivity contribution is 7.10. The maximum absolute atomic E-state index is 13.1. The van der Waals surface area contributed by atoms with Crippen LogP contribution in [0.5, 0.6) is 0 Å². The first kappa shape index (κ1) is 14.5. The van der Waals surface area contributed by atoms with Gasteiger partial charge in [-0.25, -0.2) is 4.39 Å². The zero-order chi connectivity index (χ0) is 13.7. The molecule has 0 aliphatic carbocycles. The van der Waals surface area contributed by atoms with Crippen LogP contribution in [0, 0.1) is 5.82 Å². The highest BCUT2D eigenvalue weighted by Crippen LogP contribution is 2.24. The highest BCUT2D eigenvalue weighted by atomic mass is 35.5. The molecule has 1 heterocycles. The van der Waals surface area contributed by atoms with Crippen LogP contribution in [0.1, 0.15) is 36.2 Å². The summed E-state index contributed by atoms with van der Waals surface area (Å²) in [6.07, 6.45) is 2.22. The van der Waals surface area contributed by atoms with Crippen LogP contribution in [-0.2, 0) is 6.54 Å². The number of rotatable bonds is 6. The summed E-state index contributed by atoms with van der Waals surface area (Å²) in [6, 6.07) is 9.44. The average Bonchev–Trinajstić information content (AvgIpc) is 2.92. The van der Waals surface area contributed by atoms with E-state index in [1.807, 2.05) is 0 Å². The molecule has 19 heavy (non-hydrogen) atoms. The van der Waals surface area contributed by atoms with Gasteiger partial charge in [-0.15, -0.1) is 11.3 Å². The van der Waals surface area contributed by atoms with Gasteiger partial charge in [-0.3, -0.25) is 0 Å². The molecule has 1 nitrogen and oxygen atoms in total. The van der Waals surface area contributed by atoms with Crippen LogP contribution in [-0.4, -0.2) is 0 Å². The zero-order valence-electron chi connectivity index (χ0n) is 10.8. The number of hydrogen-bond donors (Lipinski definition) is 1. The van der Waals surface area contributed by atoms with Crippen molar-refractivity contribution < 1.29 is 4.39 Å². The Morgan fingerprint density at radius 2 is 2.21 bits per heavy atom. The third kappa shape index (κ3) is 4.03. The van der Waals surface area contributed by atoms with Gasteiger partial charge in [0.05, 0.1) is 5.02 Å². The largest absolute Gasteiger partial charge is 0.305 e. The summed E-state index contributed by atoms with van der Waals surface area (Å²) in [5.41, 5.74) is 1.00. The van der Waals surface area contributed by atoms with Crippen molar-refractivity contribution in [2.75, 3.05) is 0 Å². The van der Waals surface area contributed by atoms with Crippen molar-refractivity contribution in [3.63, 3.8) is 0 Å². The standard InChI is InChI=1S/C15H17ClFNS/c1-2-4-14(15-5-3-8-19-15)18-10-11-6-7-13(17)12(16)9-11/h3,5-9,14,18H,2,4,10H2,1H3. The van der Waals surface area contributed by atoms with Gasteiger partial charge in [0.25, 0.3) is 0 Å². The van der Waals surface area contributed by atoms with Crippen molar-refractivity contribution in [1.29, 1.82) is 0 Å². The number of benzene rings is 1. The van der Waals surface area contributed by atoms with Crippen LogP contribution in [0.2, 0.25) is 5.02 Å². The van der Waals surface area contributed by atoms with Crippen molar-refractivity contribution in [3.05, 3.63) is 57.0 Å². The Bertz CT molecular complexity index is 513. The number of hydrogen-bond acceptors (Lipinski definition) is 2. The summed E-state index contributed by atoms with van der Waals surface area (Å²) < 4.78 is 13.1. The minimum Gasteiger partial charge on any atom is -0.305 e. The fourth-order valence-electron chi connectivity index (χ4n) is 2.01. The smallest absolute Gasteiger partial charge is 0.141 e. The van der Waals surface area contributed by atoms with Crippen LogP contribution in [0.3, 0.4) is 0 Å². The van der Waals surface area contributed by atoms with E-state index in [1.54, 1.807) is 23.5 Å². The van der Waals surface area contributed by atoms with E-state index >= 15 is 0 Å². The first-order valence-corrected chi connectivity index (χ1v) is 7.67. The molecule has 0 bridgehead atoms. The molecule has 1 N–H and O–H groups in total. The van der Waals surface area contributed by atoms with Gasteiger partial charge < -0.3 is 5.32 Å². The molecule has 0 saturated heterocycles. The molecular weight excluding hydrogens is 281 g/mol. The predicted molar refractivity (Wildman–Crippen MR) is 80.2 cm³/mol. The van der Waals surface area contributed by atoms with Crippen LogP contribution < -0.4 is 5.32 Å². The van der Waals surface area contributed by atoms with Gasteiger partial charge >= 0.3 is 0 Å². The van der Waals surface area contributed by atoms with Gasteiger partial charge in [0.1, 0.15) is 5.82 Å². The third-order valence-electron chi connectivity index (χ3n) is 3.00. The number of nitrogens with one attached hydrogen (secondary N) is 1. The molecule has 1 unspecified atom stereocenters. The summed E-state index contributed by atoms with van der Waals surface area (Å²) in [5, 5.41) is 5.79. The molecule has 0 spiro atoms. The lowest BCUT2D eigenvalue weighted by Gasteiger charge is -2.17. The van der Waals surface area contributed by atoms with Crippen molar-refractivity contribution >= 4 is 22.9 Å². The maximum Gasteiger partial charge on any atom is 0.141 e. The van der Waals surface area contributed by atoms with E-state index < -0.39 is 0 Å². The summed E-state index contributed by atoms with van der Waals surface area (Å²) in [5.74, 6) is -0.367. The molecule has 2 aromatic rings. The summed E-state index contributed by atoms with van der Waals surface area (Å²) in [6.45, 7) is 2.87. The lowest BCUT2D eigenvalue weighted by Crippen LogP contribution is -2.20. The number of halogens is 2. The van der Waals surface area contributed by atoms with Gasteiger partial charge in [-0.1, -0.05) is 37.1 Å². The Labute approximate surface area is 122 Å². The molecule has 0 fully saturated rings. The molecule has 4 heteroatoms. The second kappa shape index (κ2) is 7.04. The van der Waals surface area contributed by atoms with Crippen LogP contribution in [0.4, 0.5) is 4.39 Å². The second-order valence-corrected chi connectivity index (χ2v) is 5.87. The van der Waals surface area contributed by atoms with Gasteiger partial charge in [0.15, 0.2) is 0 Å². The zero-order valence-corrected chi connectivity index (χ0v) is 12.4. The van der Waals surface area contributed by atoms with E-state index in [0.717, 1.165) is 18.4 Å². The van der Waals surface area contributed by atoms with Crippen molar-refractivity contribution in [2.24, 2.45) is 0 Å². The Morgan fingerprint density at radius 1 is 1.37 bits per heavy atom. The predicted octanol–water partition coefficient (Wildman–Crippen LogP) is 5.17. The van der Waals surface area contributed by atoms with Gasteiger partial charge in [0, 0.05) is 17.5 Å². The molecule has 1 atom stereocenters. The van der Waals surface area contributed by atoms with E-state index in [9.17, 15) is 4.39 Å². The molecule has 0 saturated carbocycles. The highest BCUT2D eigenvalue weighted by Gasteiger charge is 2.11. The SMILES string of the molecule is CCCC(NCc1ccc(F)c(Cl)c1)c1cccs1. The number of thiophene rings is 1. The molecule has 0 aliphatic heterocycles. The Kier molecular flexibility index (Phi) is 5.37. The average molecular weight is 298 g/mol. The van der Waals surface area contributed by atoms with Crippen LogP contribution in [0.15, 0.2) is 35.7 Å². The van der Waals surface area contributed by atoms with E-state index in [0.29, 0.717) is 12.6 Å². The molecule has 0 aliphatic rings. The van der Waals surface area contributed by atoms with E-state index in [4.69, 9.17) is 11.6 Å². The Morgan fingerprint density at radius 3 is 2.84 bits per heavy atom. The molecule has 1 aromatic carbocycles. The minimum atomic E-state index is -0.367. The second-order valence-electron chi connectivity index (χ2n) is 4.49. The third-order valence-corrected chi connectivity index (χ3v) is 4.28. The van der Waals surface area contributed by atoms with Gasteiger partial charge in [-0.2, -0.15) is 0 Å². The van der Waals surface area contributed by atoms with Crippen molar-refractivity contribution in [1.82, 2.24) is 5.32 Å². The summed E-state index contributed by atoms with van der Waals surface area (Å²) >= 11 is 7.55. The van der Waals surface area contributed by atoms with Crippen molar-refractivity contribution in [3.8, 4) is 0 Å². The van der Waals surface area contributed by atoms with Crippen LogP contribution in [0.25, 0.3) is 0 Å². The lowest BCUT2D eigenvalue weighted by molar-refractivity contribution is 0.500. The van der Waals surface area contributed by atoms with Crippen molar-refractivity contribution in [2.45, 2.75) is 32.4 Å². The normalized spacial score (nSPS) is 12.6. The minimum absolute atomic E-state index is 0.183. The van der Waals surface area contributed by atoms with Gasteiger partial charge in [-0.05, 0) is 35.6 Å². The quantitative estimate of drug-likeness (QED) is 0.775. The molecule has 102 valence electrons. The van der Waals surface area contributed by atoms with E-state index in [1.165, 1.54) is 10.9 Å². The first-order valence-electron chi connectivity index (χ1n) is 6.41.